The first-order chi connectivity index (χ1) is 15.7. The van der Waals surface area contributed by atoms with Crippen molar-refractivity contribution in [3.8, 4) is 0 Å². The van der Waals surface area contributed by atoms with Gasteiger partial charge < -0.3 is 4.98 Å². The summed E-state index contributed by atoms with van der Waals surface area (Å²) in [6, 6.07) is 31.4. The van der Waals surface area contributed by atoms with Crippen molar-refractivity contribution in [2.45, 2.75) is 31.7 Å². The first-order valence-electron chi connectivity index (χ1n) is 11.0. The van der Waals surface area contributed by atoms with E-state index in [-0.39, 0.29) is 29.5 Å². The molecule has 0 aliphatic heterocycles. The minimum atomic E-state index is -2.48. The highest BCUT2D eigenvalue weighted by atomic mass is 127. The van der Waals surface area contributed by atoms with Gasteiger partial charge in [0.25, 0.3) is 5.56 Å². The van der Waals surface area contributed by atoms with Gasteiger partial charge in [-0.25, -0.2) is 4.98 Å². The average molecular weight is 587 g/mol. The highest BCUT2D eigenvalue weighted by Crippen LogP contribution is 2.54. The van der Waals surface area contributed by atoms with Gasteiger partial charge in [-0.2, -0.15) is 0 Å². The molecule has 1 aromatic heterocycles. The number of H-pyrrole nitrogens is 1. The largest absolute Gasteiger partial charge is 0.307 e. The highest BCUT2D eigenvalue weighted by molar-refractivity contribution is 14.0. The van der Waals surface area contributed by atoms with E-state index < -0.39 is 7.26 Å². The zero-order valence-corrected chi connectivity index (χ0v) is 22.9. The van der Waals surface area contributed by atoms with Gasteiger partial charge in [0.15, 0.2) is 7.26 Å². The molecule has 3 nitrogen and oxygen atoms in total. The lowest BCUT2D eigenvalue weighted by atomic mass is 10.4. The van der Waals surface area contributed by atoms with Crippen LogP contribution in [0.4, 0.5) is 0 Å². The molecule has 1 heterocycles. The molecule has 0 saturated carbocycles. The fraction of sp³-hybridized carbons (Fsp3) is 0.185. The molecule has 0 unspecified atom stereocenters. The molecule has 170 valence electrons. The molecule has 6 heteroatoms. The number of unbranched alkanes of at least 4 members (excludes halogenated alkanes) is 1. The third-order valence-corrected chi connectivity index (χ3v) is 11.0. The lowest BCUT2D eigenvalue weighted by molar-refractivity contribution is 0.892. The lowest BCUT2D eigenvalue weighted by Crippen LogP contribution is -2.46. The van der Waals surface area contributed by atoms with E-state index in [9.17, 15) is 4.79 Å². The second kappa shape index (κ2) is 12.0. The maximum absolute atomic E-state index is 13.8. The third-order valence-electron chi connectivity index (χ3n) is 5.48. The maximum Gasteiger partial charge on any atom is 0.295 e. The molecule has 0 spiro atoms. The zero-order valence-electron chi connectivity index (χ0n) is 18.9. The Kier molecular flexibility index (Phi) is 9.30. The standard InChI is InChI=1S/C27H27N2OPS.HI/c1-3-4-20-32-27-25(26(30)28-21(2)29-27)31(22-14-8-5-9-15-22,23-16-10-6-11-17-23)24-18-12-7-13-19-24;/h5-19H,3-4,20H2,1-2H3;1H/p+1. The van der Waals surface area contributed by atoms with E-state index in [0.29, 0.717) is 5.82 Å². The first-order valence-corrected chi connectivity index (χ1v) is 13.8. The van der Waals surface area contributed by atoms with Crippen molar-refractivity contribution < 1.29 is 0 Å². The topological polar surface area (TPSA) is 45.8 Å². The van der Waals surface area contributed by atoms with Crippen LogP contribution in [-0.4, -0.2) is 15.7 Å². The number of benzene rings is 3. The van der Waals surface area contributed by atoms with Crippen LogP contribution in [0.2, 0.25) is 0 Å². The van der Waals surface area contributed by atoms with Crippen LogP contribution in [0.25, 0.3) is 0 Å². The molecular weight excluding hydrogens is 558 g/mol. The number of aryl methyl sites for hydroxylation is 1. The Morgan fingerprint density at radius 2 is 1.27 bits per heavy atom. The summed E-state index contributed by atoms with van der Waals surface area (Å²) >= 11 is 1.71. The first kappa shape index (κ1) is 25.7. The van der Waals surface area contributed by atoms with E-state index >= 15 is 0 Å². The van der Waals surface area contributed by atoms with Gasteiger partial charge in [-0.1, -0.05) is 67.9 Å². The molecular formula is C27H29IN2OPS+. The van der Waals surface area contributed by atoms with E-state index in [1.165, 1.54) is 0 Å². The molecule has 0 atom stereocenters. The second-order valence-corrected chi connectivity index (χ2v) is 12.1. The van der Waals surface area contributed by atoms with E-state index in [1.807, 2.05) is 25.1 Å². The normalized spacial score (nSPS) is 11.1. The Balaban J connectivity index is 0.00000306. The Labute approximate surface area is 217 Å². The number of hydrogen-bond acceptors (Lipinski definition) is 3. The number of hydrogen-bond donors (Lipinski definition) is 1. The second-order valence-electron chi connectivity index (χ2n) is 7.68. The number of nitrogens with one attached hydrogen (secondary N) is 1. The minimum Gasteiger partial charge on any atom is -0.307 e. The van der Waals surface area contributed by atoms with Crippen molar-refractivity contribution >= 4 is 64.2 Å². The summed E-state index contributed by atoms with van der Waals surface area (Å²) < 4.78 is 0. The number of nitrogens with zero attached hydrogens (tertiary/aromatic N) is 1. The molecule has 33 heavy (non-hydrogen) atoms. The number of aromatic amines is 1. The van der Waals surface area contributed by atoms with Gasteiger partial charge in [0.2, 0.25) is 5.30 Å². The minimum absolute atomic E-state index is 0. The smallest absolute Gasteiger partial charge is 0.295 e. The Bertz CT molecular complexity index is 1120. The third kappa shape index (κ3) is 5.26. The predicted octanol–water partition coefficient (Wildman–Crippen LogP) is 5.21. The summed E-state index contributed by atoms with van der Waals surface area (Å²) in [7, 11) is -2.48. The highest BCUT2D eigenvalue weighted by Gasteiger charge is 2.52. The van der Waals surface area contributed by atoms with Crippen LogP contribution in [0, 0.1) is 6.92 Å². The number of halogens is 1. The van der Waals surface area contributed by atoms with Crippen LogP contribution in [0.1, 0.15) is 25.6 Å². The molecule has 4 aromatic rings. The van der Waals surface area contributed by atoms with Crippen LogP contribution in [0.15, 0.2) is 101 Å². The number of thioether (sulfide) groups is 1. The summed E-state index contributed by atoms with van der Waals surface area (Å²) in [6.07, 6.45) is 2.20. The van der Waals surface area contributed by atoms with E-state index in [0.717, 1.165) is 44.8 Å². The summed E-state index contributed by atoms with van der Waals surface area (Å²) in [6.45, 7) is 4.05. The van der Waals surface area contributed by atoms with Gasteiger partial charge in [0.05, 0.1) is 0 Å². The van der Waals surface area contributed by atoms with Crippen molar-refractivity contribution in [3.05, 3.63) is 107 Å². The maximum atomic E-state index is 13.8. The van der Waals surface area contributed by atoms with Crippen molar-refractivity contribution in [2.75, 3.05) is 5.75 Å². The molecule has 0 bridgehead atoms. The van der Waals surface area contributed by atoms with Gasteiger partial charge in [0.1, 0.15) is 26.8 Å². The average Bonchev–Trinajstić information content (AvgIpc) is 2.83. The van der Waals surface area contributed by atoms with Crippen LogP contribution < -0.4 is 26.8 Å². The summed E-state index contributed by atoms with van der Waals surface area (Å²) in [5.41, 5.74) is -0.0404. The number of aromatic nitrogens is 2. The van der Waals surface area contributed by atoms with Crippen LogP contribution in [0.5, 0.6) is 0 Å². The Hall–Kier alpha value is -1.95. The molecule has 1 N–H and O–H groups in total. The molecule has 0 fully saturated rings. The fourth-order valence-electron chi connectivity index (χ4n) is 4.05. The molecule has 0 radical (unpaired) electrons. The molecule has 4 rings (SSSR count). The Morgan fingerprint density at radius 3 is 1.70 bits per heavy atom. The van der Waals surface area contributed by atoms with E-state index in [1.54, 1.807) is 11.8 Å². The van der Waals surface area contributed by atoms with Gasteiger partial charge >= 0.3 is 0 Å². The molecule has 3 aromatic carbocycles. The van der Waals surface area contributed by atoms with Crippen molar-refractivity contribution in [2.24, 2.45) is 0 Å². The van der Waals surface area contributed by atoms with Gasteiger partial charge in [-0.15, -0.1) is 35.7 Å². The summed E-state index contributed by atoms with van der Waals surface area (Å²) in [5, 5.41) is 5.13. The number of rotatable bonds is 8. The molecule has 0 aliphatic carbocycles. The fourth-order valence-corrected chi connectivity index (χ4v) is 9.94. The van der Waals surface area contributed by atoms with Gasteiger partial charge in [-0.3, -0.25) is 4.79 Å². The van der Waals surface area contributed by atoms with Gasteiger partial charge in [-0.05, 0) is 55.5 Å². The van der Waals surface area contributed by atoms with Gasteiger partial charge in [0, 0.05) is 0 Å². The van der Waals surface area contributed by atoms with Crippen LogP contribution in [-0.2, 0) is 0 Å². The van der Waals surface area contributed by atoms with E-state index in [2.05, 4.69) is 84.7 Å². The van der Waals surface area contributed by atoms with Crippen LogP contribution in [0.3, 0.4) is 0 Å². The van der Waals surface area contributed by atoms with Crippen LogP contribution >= 0.6 is 43.0 Å². The summed E-state index contributed by atoms with van der Waals surface area (Å²) in [4.78, 5) is 21.7. The monoisotopic (exact) mass is 587 g/mol. The van der Waals surface area contributed by atoms with Crippen molar-refractivity contribution in [3.63, 3.8) is 0 Å². The molecule has 0 saturated heterocycles. The molecule has 0 amide bonds. The molecule has 0 aliphatic rings. The van der Waals surface area contributed by atoms with Crippen molar-refractivity contribution in [1.29, 1.82) is 0 Å². The zero-order chi connectivity index (χ0) is 22.4. The quantitative estimate of drug-likeness (QED) is 0.101. The summed E-state index contributed by atoms with van der Waals surface area (Å²) in [5.74, 6) is 1.60. The van der Waals surface area contributed by atoms with E-state index in [4.69, 9.17) is 4.98 Å². The van der Waals surface area contributed by atoms with Crippen molar-refractivity contribution in [1.82, 2.24) is 9.97 Å². The predicted molar refractivity (Wildman–Crippen MR) is 155 cm³/mol. The Morgan fingerprint density at radius 1 is 0.818 bits per heavy atom. The SMILES string of the molecule is CCCCSc1nc(C)[nH]c(=O)c1[P+](c1ccccc1)(c1ccccc1)c1ccccc1.I. The lowest BCUT2D eigenvalue weighted by Gasteiger charge is -2.27.